The fourth-order valence-electron chi connectivity index (χ4n) is 6.93. The number of benzene rings is 6. The molecule has 0 N–H and O–H groups in total. The van der Waals surface area contributed by atoms with Gasteiger partial charge in [0.2, 0.25) is 0 Å². The topological polar surface area (TPSA) is 31.0 Å². The van der Waals surface area contributed by atoms with Crippen LogP contribution in [0.15, 0.2) is 150 Å². The zero-order valence-corrected chi connectivity index (χ0v) is 24.9. The van der Waals surface area contributed by atoms with E-state index in [2.05, 4.69) is 144 Å². The molecule has 45 heavy (non-hydrogen) atoms. The van der Waals surface area contributed by atoms with Crippen LogP contribution in [-0.2, 0) is 0 Å². The standard InChI is InChI=1S/C41H24N2OS/c1-2-10-25(11-3-1)33-15-9-16-34(42-33)26-20-21-28-27-12-4-6-17-35(27)43(37(28)22-26)36-18-8-14-30-31-23-32-29-13-5-7-19-39(29)45-40(32)24-38(31)44-41(30)36/h1-24H. The lowest BCUT2D eigenvalue weighted by Gasteiger charge is -2.10. The van der Waals surface area contributed by atoms with Crippen molar-refractivity contribution in [3.05, 3.63) is 146 Å². The number of fused-ring (bicyclic) bond motifs is 9. The van der Waals surface area contributed by atoms with Crippen molar-refractivity contribution in [2.75, 3.05) is 0 Å². The predicted molar refractivity (Wildman–Crippen MR) is 190 cm³/mol. The van der Waals surface area contributed by atoms with Gasteiger partial charge in [-0.05, 0) is 48.5 Å². The van der Waals surface area contributed by atoms with Crippen LogP contribution in [0.1, 0.15) is 0 Å². The van der Waals surface area contributed by atoms with Gasteiger partial charge in [-0.3, -0.25) is 0 Å². The van der Waals surface area contributed by atoms with E-state index < -0.39 is 0 Å². The molecule has 210 valence electrons. The second-order valence-electron chi connectivity index (χ2n) is 11.6. The maximum atomic E-state index is 6.76. The molecule has 0 saturated carbocycles. The Morgan fingerprint density at radius 3 is 2.11 bits per heavy atom. The van der Waals surface area contributed by atoms with E-state index in [1.807, 2.05) is 17.4 Å². The number of hydrogen-bond acceptors (Lipinski definition) is 3. The molecule has 3 nitrogen and oxygen atoms in total. The van der Waals surface area contributed by atoms with Gasteiger partial charge >= 0.3 is 0 Å². The van der Waals surface area contributed by atoms with E-state index in [0.717, 1.165) is 61.2 Å². The zero-order chi connectivity index (χ0) is 29.5. The summed E-state index contributed by atoms with van der Waals surface area (Å²) in [6.45, 7) is 0. The van der Waals surface area contributed by atoms with E-state index in [1.165, 1.54) is 30.9 Å². The van der Waals surface area contributed by atoms with Gasteiger partial charge in [-0.15, -0.1) is 11.3 Å². The summed E-state index contributed by atoms with van der Waals surface area (Å²) in [4.78, 5) is 5.07. The second kappa shape index (κ2) is 9.39. The summed E-state index contributed by atoms with van der Waals surface area (Å²) < 4.78 is 11.7. The van der Waals surface area contributed by atoms with Crippen LogP contribution in [0.25, 0.3) is 92.1 Å². The van der Waals surface area contributed by atoms with Crippen LogP contribution in [0.5, 0.6) is 0 Å². The van der Waals surface area contributed by atoms with Crippen molar-refractivity contribution in [2.45, 2.75) is 0 Å². The molecule has 0 unspecified atom stereocenters. The van der Waals surface area contributed by atoms with Gasteiger partial charge in [-0.25, -0.2) is 4.98 Å². The Balaban J connectivity index is 1.22. The van der Waals surface area contributed by atoms with Gasteiger partial charge in [0.15, 0.2) is 5.58 Å². The van der Waals surface area contributed by atoms with Crippen molar-refractivity contribution in [1.82, 2.24) is 9.55 Å². The van der Waals surface area contributed by atoms with Crippen molar-refractivity contribution in [2.24, 2.45) is 0 Å². The summed E-state index contributed by atoms with van der Waals surface area (Å²) in [6, 6.07) is 51.6. The van der Waals surface area contributed by atoms with Gasteiger partial charge in [-0.2, -0.15) is 0 Å². The van der Waals surface area contributed by atoms with E-state index in [0.29, 0.717) is 0 Å². The zero-order valence-electron chi connectivity index (χ0n) is 24.1. The van der Waals surface area contributed by atoms with Gasteiger partial charge < -0.3 is 8.98 Å². The van der Waals surface area contributed by atoms with Crippen molar-refractivity contribution in [3.8, 4) is 28.2 Å². The molecule has 10 rings (SSSR count). The number of thiophene rings is 1. The van der Waals surface area contributed by atoms with Gasteiger partial charge in [0.1, 0.15) is 5.58 Å². The number of pyridine rings is 1. The van der Waals surface area contributed by atoms with Crippen LogP contribution < -0.4 is 0 Å². The molecule has 0 amide bonds. The lowest BCUT2D eigenvalue weighted by atomic mass is 10.1. The lowest BCUT2D eigenvalue weighted by Crippen LogP contribution is -1.95. The molecule has 0 bridgehead atoms. The first kappa shape index (κ1) is 24.7. The van der Waals surface area contributed by atoms with E-state index in [1.54, 1.807) is 0 Å². The fraction of sp³-hybridized carbons (Fsp3) is 0. The summed E-state index contributed by atoms with van der Waals surface area (Å²) in [5.41, 5.74) is 9.22. The first-order valence-corrected chi connectivity index (χ1v) is 15.9. The van der Waals surface area contributed by atoms with Crippen molar-refractivity contribution in [3.63, 3.8) is 0 Å². The van der Waals surface area contributed by atoms with Gasteiger partial charge in [0.05, 0.1) is 28.1 Å². The third-order valence-electron chi connectivity index (χ3n) is 9.00. The van der Waals surface area contributed by atoms with Crippen LogP contribution in [-0.4, -0.2) is 9.55 Å². The Hall–Kier alpha value is -5.71. The van der Waals surface area contributed by atoms with Crippen molar-refractivity contribution in [1.29, 1.82) is 0 Å². The van der Waals surface area contributed by atoms with E-state index in [-0.39, 0.29) is 0 Å². The summed E-state index contributed by atoms with van der Waals surface area (Å²) in [5, 5.41) is 7.26. The van der Waals surface area contributed by atoms with Crippen LogP contribution in [0, 0.1) is 0 Å². The van der Waals surface area contributed by atoms with Crippen LogP contribution in [0.4, 0.5) is 0 Å². The number of furan rings is 1. The lowest BCUT2D eigenvalue weighted by molar-refractivity contribution is 0.667. The Morgan fingerprint density at radius 1 is 0.467 bits per heavy atom. The number of hydrogen-bond donors (Lipinski definition) is 0. The largest absolute Gasteiger partial charge is 0.454 e. The SMILES string of the molecule is c1ccc(-c2cccc(-c3ccc4c5ccccc5n(-c5cccc6c5oc5cc7sc8ccccc8c7cc56)c4c3)n2)cc1. The van der Waals surface area contributed by atoms with E-state index in [4.69, 9.17) is 9.40 Å². The normalized spacial score (nSPS) is 12.0. The molecule has 10 aromatic rings. The minimum atomic E-state index is 0.895. The Bertz CT molecular complexity index is 2770. The summed E-state index contributed by atoms with van der Waals surface area (Å²) in [7, 11) is 0. The first-order chi connectivity index (χ1) is 22.3. The maximum Gasteiger partial charge on any atom is 0.159 e. The van der Waals surface area contributed by atoms with Crippen molar-refractivity contribution < 1.29 is 4.42 Å². The molecule has 0 radical (unpaired) electrons. The Kier molecular flexibility index (Phi) is 5.16. The van der Waals surface area contributed by atoms with Crippen molar-refractivity contribution >= 4 is 75.3 Å². The smallest absolute Gasteiger partial charge is 0.159 e. The average Bonchev–Trinajstić information content (AvgIpc) is 3.76. The predicted octanol–water partition coefficient (Wildman–Crippen LogP) is 11.8. The molecule has 0 spiro atoms. The highest BCUT2D eigenvalue weighted by molar-refractivity contribution is 7.25. The third-order valence-corrected chi connectivity index (χ3v) is 10.1. The van der Waals surface area contributed by atoms with Gasteiger partial charge in [0.25, 0.3) is 0 Å². The summed E-state index contributed by atoms with van der Waals surface area (Å²) in [6.07, 6.45) is 0. The van der Waals surface area contributed by atoms with Crippen LogP contribution in [0.2, 0.25) is 0 Å². The molecular formula is C41H24N2OS. The van der Waals surface area contributed by atoms with Gasteiger partial charge in [-0.1, -0.05) is 97.1 Å². The molecule has 0 aliphatic carbocycles. The fourth-order valence-corrected chi connectivity index (χ4v) is 8.05. The monoisotopic (exact) mass is 592 g/mol. The minimum absolute atomic E-state index is 0.895. The molecule has 0 aliphatic heterocycles. The molecule has 0 fully saturated rings. The average molecular weight is 593 g/mol. The van der Waals surface area contributed by atoms with Crippen LogP contribution in [0.3, 0.4) is 0 Å². The van der Waals surface area contributed by atoms with E-state index >= 15 is 0 Å². The Morgan fingerprint density at radius 2 is 1.20 bits per heavy atom. The molecule has 4 aromatic heterocycles. The molecular weight excluding hydrogens is 569 g/mol. The summed E-state index contributed by atoms with van der Waals surface area (Å²) in [5.74, 6) is 0. The summed E-state index contributed by atoms with van der Waals surface area (Å²) >= 11 is 1.82. The maximum absolute atomic E-state index is 6.76. The minimum Gasteiger partial charge on any atom is -0.454 e. The highest BCUT2D eigenvalue weighted by Crippen LogP contribution is 2.42. The highest BCUT2D eigenvalue weighted by Gasteiger charge is 2.19. The Labute approximate surface area is 262 Å². The van der Waals surface area contributed by atoms with E-state index in [9.17, 15) is 0 Å². The number of para-hydroxylation sites is 2. The second-order valence-corrected chi connectivity index (χ2v) is 12.6. The van der Waals surface area contributed by atoms with Gasteiger partial charge in [0, 0.05) is 52.8 Å². The molecule has 0 atom stereocenters. The quantitative estimate of drug-likeness (QED) is 0.204. The third kappa shape index (κ3) is 3.67. The molecule has 4 heterocycles. The molecule has 0 aliphatic rings. The molecule has 6 aromatic carbocycles. The van der Waals surface area contributed by atoms with Crippen LogP contribution >= 0.6 is 11.3 Å². The number of nitrogens with zero attached hydrogens (tertiary/aromatic N) is 2. The number of rotatable bonds is 3. The number of aromatic nitrogens is 2. The molecule has 0 saturated heterocycles. The first-order valence-electron chi connectivity index (χ1n) is 15.1. The molecule has 4 heteroatoms. The highest BCUT2D eigenvalue weighted by atomic mass is 32.1.